The maximum atomic E-state index is 4.88. The van der Waals surface area contributed by atoms with Crippen molar-refractivity contribution >= 4 is 11.0 Å². The second kappa shape index (κ2) is 4.31. The number of rotatable bonds is 2. The zero-order valence-corrected chi connectivity index (χ0v) is 10.4. The maximum absolute atomic E-state index is 4.88. The van der Waals surface area contributed by atoms with Gasteiger partial charge in [-0.25, -0.2) is 4.98 Å². The first kappa shape index (κ1) is 10.9. The van der Waals surface area contributed by atoms with Gasteiger partial charge in [0.25, 0.3) is 0 Å². The van der Waals surface area contributed by atoms with E-state index in [0.717, 1.165) is 33.5 Å². The third-order valence-electron chi connectivity index (χ3n) is 3.19. The quantitative estimate of drug-likeness (QED) is 0.602. The van der Waals surface area contributed by atoms with Crippen molar-refractivity contribution in [2.24, 2.45) is 0 Å². The van der Waals surface area contributed by atoms with Crippen molar-refractivity contribution < 1.29 is 4.52 Å². The average molecular weight is 262 g/mol. The first-order chi connectivity index (χ1) is 9.90. The van der Waals surface area contributed by atoms with Gasteiger partial charge in [0.1, 0.15) is 17.5 Å². The van der Waals surface area contributed by atoms with Crippen molar-refractivity contribution in [3.63, 3.8) is 0 Å². The monoisotopic (exact) mass is 262 g/mol. The molecule has 0 aliphatic rings. The fraction of sp³-hybridized carbons (Fsp3) is 0. The van der Waals surface area contributed by atoms with Crippen molar-refractivity contribution in [3.05, 3.63) is 54.9 Å². The van der Waals surface area contributed by atoms with Gasteiger partial charge in [0.2, 0.25) is 0 Å². The van der Waals surface area contributed by atoms with Crippen LogP contribution < -0.4 is 0 Å². The van der Waals surface area contributed by atoms with Crippen LogP contribution in [-0.4, -0.2) is 20.3 Å². The summed E-state index contributed by atoms with van der Waals surface area (Å²) in [5.41, 5.74) is 5.55. The normalized spacial score (nSPS) is 11.0. The number of H-pyrrole nitrogens is 1. The van der Waals surface area contributed by atoms with E-state index in [-0.39, 0.29) is 0 Å². The highest BCUT2D eigenvalue weighted by Crippen LogP contribution is 2.25. The molecule has 0 aliphatic carbocycles. The second-order valence-electron chi connectivity index (χ2n) is 4.46. The molecule has 0 bridgehead atoms. The Bertz CT molecular complexity index is 864. The van der Waals surface area contributed by atoms with E-state index in [4.69, 9.17) is 4.52 Å². The molecule has 0 saturated carbocycles. The third-order valence-corrected chi connectivity index (χ3v) is 3.19. The number of fused-ring (bicyclic) bond motifs is 1. The van der Waals surface area contributed by atoms with E-state index in [0.29, 0.717) is 0 Å². The molecule has 0 spiro atoms. The van der Waals surface area contributed by atoms with Gasteiger partial charge < -0.3 is 4.52 Å². The minimum Gasteiger partial charge on any atom is -0.364 e. The van der Waals surface area contributed by atoms with E-state index < -0.39 is 0 Å². The molecule has 0 saturated heterocycles. The van der Waals surface area contributed by atoms with Crippen LogP contribution in [0.2, 0.25) is 0 Å². The molecular formula is C15H10N4O. The molecule has 4 rings (SSSR count). The van der Waals surface area contributed by atoms with Crippen LogP contribution in [0.3, 0.4) is 0 Å². The highest BCUT2D eigenvalue weighted by molar-refractivity contribution is 5.78. The lowest BCUT2D eigenvalue weighted by Crippen LogP contribution is -1.85. The van der Waals surface area contributed by atoms with Crippen LogP contribution in [0.25, 0.3) is 33.5 Å². The van der Waals surface area contributed by atoms with Crippen molar-refractivity contribution in [1.82, 2.24) is 20.3 Å². The van der Waals surface area contributed by atoms with E-state index in [1.54, 1.807) is 12.5 Å². The molecule has 0 amide bonds. The highest BCUT2D eigenvalue weighted by Gasteiger charge is 2.06. The van der Waals surface area contributed by atoms with Crippen LogP contribution in [0.5, 0.6) is 0 Å². The van der Waals surface area contributed by atoms with Gasteiger partial charge in [0.05, 0.1) is 17.4 Å². The molecule has 5 nitrogen and oxygen atoms in total. The minimum absolute atomic E-state index is 0.816. The van der Waals surface area contributed by atoms with Gasteiger partial charge in [-0.15, -0.1) is 0 Å². The number of aromatic amines is 1. The fourth-order valence-electron chi connectivity index (χ4n) is 2.19. The molecule has 5 heteroatoms. The van der Waals surface area contributed by atoms with Gasteiger partial charge in [-0.3, -0.25) is 5.10 Å². The molecule has 4 aromatic rings. The van der Waals surface area contributed by atoms with Gasteiger partial charge in [0, 0.05) is 17.2 Å². The molecule has 3 heterocycles. The Morgan fingerprint density at radius 3 is 2.70 bits per heavy atom. The van der Waals surface area contributed by atoms with Crippen LogP contribution in [0.4, 0.5) is 0 Å². The van der Waals surface area contributed by atoms with E-state index in [2.05, 4.69) is 20.3 Å². The molecule has 96 valence electrons. The lowest BCUT2D eigenvalue weighted by Gasteiger charge is -2.03. The van der Waals surface area contributed by atoms with Crippen LogP contribution in [0.1, 0.15) is 0 Å². The van der Waals surface area contributed by atoms with Gasteiger partial charge >= 0.3 is 0 Å². The number of pyridine rings is 1. The Labute approximate surface area is 114 Å². The predicted molar refractivity (Wildman–Crippen MR) is 74.8 cm³/mol. The van der Waals surface area contributed by atoms with E-state index in [1.165, 1.54) is 0 Å². The molecule has 0 radical (unpaired) electrons. The van der Waals surface area contributed by atoms with Gasteiger partial charge in [-0.1, -0.05) is 23.4 Å². The summed E-state index contributed by atoms with van der Waals surface area (Å²) in [5, 5.41) is 10.8. The van der Waals surface area contributed by atoms with Gasteiger partial charge in [0.15, 0.2) is 0 Å². The Hall–Kier alpha value is -2.95. The number of aromatic nitrogens is 4. The number of hydrogen-bond donors (Lipinski definition) is 1. The van der Waals surface area contributed by atoms with Crippen LogP contribution in [0, 0.1) is 0 Å². The Morgan fingerprint density at radius 1 is 0.950 bits per heavy atom. The molecule has 0 aliphatic heterocycles. The van der Waals surface area contributed by atoms with E-state index >= 15 is 0 Å². The topological polar surface area (TPSA) is 67.6 Å². The summed E-state index contributed by atoms with van der Waals surface area (Å²) in [5.74, 6) is 0. The van der Waals surface area contributed by atoms with Gasteiger partial charge in [-0.2, -0.15) is 5.10 Å². The number of nitrogens with zero attached hydrogens (tertiary/aromatic N) is 3. The molecule has 1 aromatic carbocycles. The summed E-state index contributed by atoms with van der Waals surface area (Å²) in [4.78, 5) is 4.59. The SMILES string of the molecule is c1cc(-c2ccon2)cc(-c2ccc3[nH]ncc3n2)c1. The lowest BCUT2D eigenvalue weighted by molar-refractivity contribution is 0.422. The highest BCUT2D eigenvalue weighted by atomic mass is 16.5. The Morgan fingerprint density at radius 2 is 1.85 bits per heavy atom. The first-order valence-electron chi connectivity index (χ1n) is 6.21. The molecule has 0 fully saturated rings. The summed E-state index contributed by atoms with van der Waals surface area (Å²) in [6, 6.07) is 13.9. The summed E-state index contributed by atoms with van der Waals surface area (Å²) in [7, 11) is 0. The van der Waals surface area contributed by atoms with E-state index in [9.17, 15) is 0 Å². The molecular weight excluding hydrogens is 252 g/mol. The van der Waals surface area contributed by atoms with Crippen molar-refractivity contribution in [2.45, 2.75) is 0 Å². The Kier molecular flexibility index (Phi) is 2.35. The minimum atomic E-state index is 0.816. The lowest BCUT2D eigenvalue weighted by atomic mass is 10.1. The Balaban J connectivity index is 1.83. The van der Waals surface area contributed by atoms with Crippen molar-refractivity contribution in [2.75, 3.05) is 0 Å². The number of benzene rings is 1. The molecule has 0 atom stereocenters. The fourth-order valence-corrected chi connectivity index (χ4v) is 2.19. The van der Waals surface area contributed by atoms with Crippen LogP contribution in [-0.2, 0) is 0 Å². The van der Waals surface area contributed by atoms with E-state index in [1.807, 2.05) is 42.5 Å². The number of hydrogen-bond acceptors (Lipinski definition) is 4. The van der Waals surface area contributed by atoms with Crippen molar-refractivity contribution in [3.8, 4) is 22.5 Å². The molecule has 20 heavy (non-hydrogen) atoms. The predicted octanol–water partition coefficient (Wildman–Crippen LogP) is 3.28. The summed E-state index contributed by atoms with van der Waals surface area (Å²) < 4.78 is 4.88. The summed E-state index contributed by atoms with van der Waals surface area (Å²) in [6.07, 6.45) is 3.29. The summed E-state index contributed by atoms with van der Waals surface area (Å²) >= 11 is 0. The van der Waals surface area contributed by atoms with Gasteiger partial charge in [-0.05, 0) is 18.2 Å². The summed E-state index contributed by atoms with van der Waals surface area (Å²) in [6.45, 7) is 0. The first-order valence-corrected chi connectivity index (χ1v) is 6.21. The molecule has 3 aromatic heterocycles. The second-order valence-corrected chi connectivity index (χ2v) is 4.46. The third kappa shape index (κ3) is 1.76. The van der Waals surface area contributed by atoms with Crippen molar-refractivity contribution in [1.29, 1.82) is 0 Å². The number of nitrogens with one attached hydrogen (secondary N) is 1. The maximum Gasteiger partial charge on any atom is 0.124 e. The average Bonchev–Trinajstić information content (AvgIpc) is 3.18. The zero-order valence-electron chi connectivity index (χ0n) is 10.4. The standard InChI is InChI=1S/C15H10N4O/c1-2-10(8-11(3-1)13-6-7-20-19-13)12-4-5-14-15(17-12)9-16-18-14/h1-9H,(H,16,18). The van der Waals surface area contributed by atoms with Crippen LogP contribution >= 0.6 is 0 Å². The van der Waals surface area contributed by atoms with Crippen LogP contribution in [0.15, 0.2) is 59.4 Å². The largest absolute Gasteiger partial charge is 0.364 e. The molecule has 0 unspecified atom stereocenters. The smallest absolute Gasteiger partial charge is 0.124 e. The zero-order chi connectivity index (χ0) is 13.4. The molecule has 1 N–H and O–H groups in total.